The van der Waals surface area contributed by atoms with Gasteiger partial charge < -0.3 is 10.4 Å². The standard InChI is InChI=1S/C12H15Cl2NO2/c1-2-12(7-13,8-14)15-11(17)9-3-5-10(16)6-4-9/h3-6,16H,2,7-8H2,1H3,(H,15,17). The molecule has 0 fully saturated rings. The molecule has 0 radical (unpaired) electrons. The molecule has 2 N–H and O–H groups in total. The Bertz CT molecular complexity index is 366. The highest BCUT2D eigenvalue weighted by molar-refractivity contribution is 6.22. The number of amides is 1. The number of halogens is 2. The van der Waals surface area contributed by atoms with Gasteiger partial charge in [0.2, 0.25) is 0 Å². The van der Waals surface area contributed by atoms with Crippen LogP contribution in [0.2, 0.25) is 0 Å². The Hall–Kier alpha value is -0.930. The number of phenolic OH excluding ortho intramolecular Hbond substituents is 1. The molecule has 0 aliphatic rings. The number of alkyl halides is 2. The van der Waals surface area contributed by atoms with Crippen molar-refractivity contribution < 1.29 is 9.90 Å². The van der Waals surface area contributed by atoms with E-state index in [9.17, 15) is 4.79 Å². The van der Waals surface area contributed by atoms with Crippen LogP contribution >= 0.6 is 23.2 Å². The van der Waals surface area contributed by atoms with Gasteiger partial charge in [-0.3, -0.25) is 4.79 Å². The van der Waals surface area contributed by atoms with Crippen molar-refractivity contribution in [2.75, 3.05) is 11.8 Å². The molecule has 5 heteroatoms. The predicted octanol–water partition coefficient (Wildman–Crippen LogP) is 2.75. The first kappa shape index (κ1) is 14.1. The molecule has 0 spiro atoms. The molecule has 3 nitrogen and oxygen atoms in total. The van der Waals surface area contributed by atoms with E-state index >= 15 is 0 Å². The summed E-state index contributed by atoms with van der Waals surface area (Å²) in [5.41, 5.74) is -0.117. The van der Waals surface area contributed by atoms with Gasteiger partial charge in [0, 0.05) is 17.3 Å². The molecule has 0 heterocycles. The first-order chi connectivity index (χ1) is 8.06. The molecule has 0 aliphatic carbocycles. The van der Waals surface area contributed by atoms with Crippen molar-refractivity contribution in [3.63, 3.8) is 0 Å². The van der Waals surface area contributed by atoms with Gasteiger partial charge in [-0.05, 0) is 30.7 Å². The Morgan fingerprint density at radius 1 is 1.29 bits per heavy atom. The summed E-state index contributed by atoms with van der Waals surface area (Å²) < 4.78 is 0. The average molecular weight is 276 g/mol. The topological polar surface area (TPSA) is 49.3 Å². The third-order valence-electron chi connectivity index (χ3n) is 2.70. The zero-order valence-corrected chi connectivity index (χ0v) is 11.1. The van der Waals surface area contributed by atoms with Crippen LogP contribution in [0.15, 0.2) is 24.3 Å². The van der Waals surface area contributed by atoms with E-state index < -0.39 is 5.54 Å². The molecule has 0 unspecified atom stereocenters. The lowest BCUT2D eigenvalue weighted by molar-refractivity contribution is 0.0913. The summed E-state index contributed by atoms with van der Waals surface area (Å²) in [6.45, 7) is 1.92. The lowest BCUT2D eigenvalue weighted by Crippen LogP contribution is -2.51. The van der Waals surface area contributed by atoms with Gasteiger partial charge in [0.05, 0.1) is 5.54 Å². The Morgan fingerprint density at radius 3 is 2.24 bits per heavy atom. The summed E-state index contributed by atoms with van der Waals surface area (Å²) in [4.78, 5) is 11.9. The van der Waals surface area contributed by atoms with Crippen LogP contribution in [0.25, 0.3) is 0 Å². The molecule has 0 saturated carbocycles. The molecule has 17 heavy (non-hydrogen) atoms. The normalized spacial score (nSPS) is 11.2. The minimum atomic E-state index is -0.585. The lowest BCUT2D eigenvalue weighted by Gasteiger charge is -2.29. The van der Waals surface area contributed by atoms with Crippen molar-refractivity contribution in [1.29, 1.82) is 0 Å². The van der Waals surface area contributed by atoms with Crippen LogP contribution in [0.4, 0.5) is 0 Å². The Morgan fingerprint density at radius 2 is 1.82 bits per heavy atom. The quantitative estimate of drug-likeness (QED) is 0.812. The maximum absolute atomic E-state index is 11.9. The zero-order valence-electron chi connectivity index (χ0n) is 9.54. The van der Waals surface area contributed by atoms with E-state index in [0.717, 1.165) is 0 Å². The van der Waals surface area contributed by atoms with E-state index in [1.54, 1.807) is 12.1 Å². The van der Waals surface area contributed by atoms with Crippen LogP contribution in [0, 0.1) is 0 Å². The molecule has 1 rings (SSSR count). The van der Waals surface area contributed by atoms with Crippen LogP contribution in [-0.2, 0) is 0 Å². The second kappa shape index (κ2) is 6.12. The average Bonchev–Trinajstić information content (AvgIpc) is 2.37. The summed E-state index contributed by atoms with van der Waals surface area (Å²) in [6, 6.07) is 6.02. The van der Waals surface area contributed by atoms with Gasteiger partial charge in [-0.15, -0.1) is 23.2 Å². The number of benzene rings is 1. The molecule has 0 aliphatic heterocycles. The van der Waals surface area contributed by atoms with E-state index in [-0.39, 0.29) is 23.4 Å². The van der Waals surface area contributed by atoms with Gasteiger partial charge in [0.1, 0.15) is 5.75 Å². The van der Waals surface area contributed by atoms with Crippen molar-refractivity contribution in [2.45, 2.75) is 18.9 Å². The number of carbonyl (C=O) groups excluding carboxylic acids is 1. The third kappa shape index (κ3) is 3.51. The minimum Gasteiger partial charge on any atom is -0.508 e. The van der Waals surface area contributed by atoms with Crippen LogP contribution in [0.1, 0.15) is 23.7 Å². The van der Waals surface area contributed by atoms with Gasteiger partial charge in [0.15, 0.2) is 0 Å². The molecule has 0 bridgehead atoms. The van der Waals surface area contributed by atoms with Crippen molar-refractivity contribution in [1.82, 2.24) is 5.32 Å². The molecular weight excluding hydrogens is 261 g/mol. The Balaban J connectivity index is 2.81. The number of rotatable bonds is 5. The van der Waals surface area contributed by atoms with Crippen LogP contribution < -0.4 is 5.32 Å². The van der Waals surface area contributed by atoms with Gasteiger partial charge in [-0.1, -0.05) is 6.92 Å². The summed E-state index contributed by atoms with van der Waals surface area (Å²) in [7, 11) is 0. The molecule has 1 aromatic carbocycles. The largest absolute Gasteiger partial charge is 0.508 e. The number of nitrogens with one attached hydrogen (secondary N) is 1. The third-order valence-corrected chi connectivity index (χ3v) is 3.72. The van der Waals surface area contributed by atoms with Crippen LogP contribution in [0.5, 0.6) is 5.75 Å². The highest BCUT2D eigenvalue weighted by Crippen LogP contribution is 2.17. The fourth-order valence-corrected chi connectivity index (χ4v) is 2.10. The van der Waals surface area contributed by atoms with Gasteiger partial charge in [-0.2, -0.15) is 0 Å². The highest BCUT2D eigenvalue weighted by atomic mass is 35.5. The maximum atomic E-state index is 11.9. The molecule has 1 amide bonds. The molecule has 0 aromatic heterocycles. The smallest absolute Gasteiger partial charge is 0.251 e. The van der Waals surface area contributed by atoms with E-state index in [4.69, 9.17) is 28.3 Å². The summed E-state index contributed by atoms with van der Waals surface area (Å²) in [5, 5.41) is 12.0. The fraction of sp³-hybridized carbons (Fsp3) is 0.417. The number of hydrogen-bond donors (Lipinski definition) is 2. The Kier molecular flexibility index (Phi) is 5.09. The van der Waals surface area contributed by atoms with E-state index in [1.807, 2.05) is 6.92 Å². The van der Waals surface area contributed by atoms with Crippen LogP contribution in [-0.4, -0.2) is 28.3 Å². The van der Waals surface area contributed by atoms with Crippen molar-refractivity contribution in [3.05, 3.63) is 29.8 Å². The monoisotopic (exact) mass is 275 g/mol. The Labute approximate surface area is 111 Å². The van der Waals surface area contributed by atoms with Crippen molar-refractivity contribution in [3.8, 4) is 5.75 Å². The first-order valence-electron chi connectivity index (χ1n) is 5.30. The minimum absolute atomic E-state index is 0.123. The van der Waals surface area contributed by atoms with Gasteiger partial charge in [-0.25, -0.2) is 0 Å². The van der Waals surface area contributed by atoms with E-state index in [2.05, 4.69) is 5.32 Å². The molecule has 94 valence electrons. The fourth-order valence-electron chi connectivity index (χ4n) is 1.31. The number of phenols is 1. The zero-order chi connectivity index (χ0) is 12.9. The SMILES string of the molecule is CCC(CCl)(CCl)NC(=O)c1ccc(O)cc1. The molecule has 0 saturated heterocycles. The lowest BCUT2D eigenvalue weighted by atomic mass is 10.0. The first-order valence-corrected chi connectivity index (χ1v) is 6.37. The number of carbonyl (C=O) groups is 1. The van der Waals surface area contributed by atoms with E-state index in [0.29, 0.717) is 12.0 Å². The van der Waals surface area contributed by atoms with Crippen molar-refractivity contribution in [2.24, 2.45) is 0 Å². The summed E-state index contributed by atoms with van der Waals surface area (Å²) in [6.07, 6.45) is 0.657. The number of aromatic hydroxyl groups is 1. The van der Waals surface area contributed by atoms with Gasteiger partial charge >= 0.3 is 0 Å². The maximum Gasteiger partial charge on any atom is 0.251 e. The molecular formula is C12H15Cl2NO2. The molecule has 0 atom stereocenters. The number of hydrogen-bond acceptors (Lipinski definition) is 2. The summed E-state index contributed by atoms with van der Waals surface area (Å²) >= 11 is 11.7. The second-order valence-corrected chi connectivity index (χ2v) is 4.44. The van der Waals surface area contributed by atoms with Gasteiger partial charge in [0.25, 0.3) is 5.91 Å². The van der Waals surface area contributed by atoms with E-state index in [1.165, 1.54) is 12.1 Å². The summed E-state index contributed by atoms with van der Waals surface area (Å²) in [5.74, 6) is 0.402. The second-order valence-electron chi connectivity index (χ2n) is 3.90. The van der Waals surface area contributed by atoms with Crippen molar-refractivity contribution >= 4 is 29.1 Å². The molecule has 1 aromatic rings. The highest BCUT2D eigenvalue weighted by Gasteiger charge is 2.28. The predicted molar refractivity (Wildman–Crippen MR) is 70.0 cm³/mol. The van der Waals surface area contributed by atoms with Crippen LogP contribution in [0.3, 0.4) is 0 Å².